The number of aromatic nitrogens is 3. The predicted molar refractivity (Wildman–Crippen MR) is 127 cm³/mol. The Morgan fingerprint density at radius 2 is 1.97 bits per heavy atom. The first-order valence-electron chi connectivity index (χ1n) is 11.3. The smallest absolute Gasteiger partial charge is 0.322 e. The summed E-state index contributed by atoms with van der Waals surface area (Å²) in [5.74, 6) is -0.320. The minimum atomic E-state index is -3.41. The summed E-state index contributed by atoms with van der Waals surface area (Å²) in [7, 11) is -3.41. The highest BCUT2D eigenvalue weighted by molar-refractivity contribution is 7.90. The van der Waals surface area contributed by atoms with Crippen molar-refractivity contribution in [1.29, 1.82) is 0 Å². The average molecular weight is 486 g/mol. The van der Waals surface area contributed by atoms with Gasteiger partial charge >= 0.3 is 6.03 Å². The Morgan fingerprint density at radius 1 is 1.24 bits per heavy atom. The van der Waals surface area contributed by atoms with Gasteiger partial charge in [-0.05, 0) is 62.1 Å². The first kappa shape index (κ1) is 23.9. The van der Waals surface area contributed by atoms with Gasteiger partial charge in [0.05, 0.1) is 33.7 Å². The van der Waals surface area contributed by atoms with Crippen molar-refractivity contribution in [3.63, 3.8) is 0 Å². The minimum absolute atomic E-state index is 0.122. The number of halogens is 1. The second kappa shape index (κ2) is 9.54. The van der Waals surface area contributed by atoms with Crippen LogP contribution in [-0.2, 0) is 16.3 Å². The number of carbonyl (C=O) groups is 1. The lowest BCUT2D eigenvalue weighted by molar-refractivity contribution is 0.241. The van der Waals surface area contributed by atoms with E-state index in [4.69, 9.17) is 0 Å². The summed E-state index contributed by atoms with van der Waals surface area (Å²) in [6.07, 6.45) is 6.98. The summed E-state index contributed by atoms with van der Waals surface area (Å²) < 4.78 is 39.1. The molecule has 3 aromatic rings. The van der Waals surface area contributed by atoms with Crippen molar-refractivity contribution in [2.45, 2.75) is 50.5 Å². The van der Waals surface area contributed by atoms with E-state index in [0.717, 1.165) is 42.6 Å². The van der Waals surface area contributed by atoms with Crippen LogP contribution in [-0.4, -0.2) is 42.0 Å². The normalized spacial score (nSPS) is 14.5. The molecule has 1 atom stereocenters. The van der Waals surface area contributed by atoms with Crippen LogP contribution in [0.3, 0.4) is 0 Å². The molecule has 2 amide bonds. The van der Waals surface area contributed by atoms with Crippen LogP contribution in [0.2, 0.25) is 0 Å². The molecule has 8 nitrogen and oxygen atoms in total. The van der Waals surface area contributed by atoms with Crippen molar-refractivity contribution >= 4 is 21.6 Å². The minimum Gasteiger partial charge on any atom is -0.331 e. The van der Waals surface area contributed by atoms with Crippen LogP contribution in [0.1, 0.15) is 49.2 Å². The van der Waals surface area contributed by atoms with Gasteiger partial charge in [-0.15, -0.1) is 0 Å². The van der Waals surface area contributed by atoms with Gasteiger partial charge in [0.15, 0.2) is 9.84 Å². The number of nitrogens with zero attached hydrogens (tertiary/aromatic N) is 4. The first-order valence-corrected chi connectivity index (χ1v) is 13.2. The number of pyridine rings is 1. The molecule has 0 radical (unpaired) electrons. The predicted octanol–water partition coefficient (Wildman–Crippen LogP) is 4.12. The number of carbonyl (C=O) groups excluding carboxylic acids is 1. The van der Waals surface area contributed by atoms with E-state index in [0.29, 0.717) is 24.2 Å². The van der Waals surface area contributed by atoms with Gasteiger partial charge < -0.3 is 5.32 Å². The molecule has 1 aliphatic heterocycles. The summed E-state index contributed by atoms with van der Waals surface area (Å²) >= 11 is 0. The van der Waals surface area contributed by atoms with Crippen molar-refractivity contribution in [1.82, 2.24) is 20.1 Å². The van der Waals surface area contributed by atoms with Gasteiger partial charge in [0.25, 0.3) is 0 Å². The second-order valence-corrected chi connectivity index (χ2v) is 10.6. The van der Waals surface area contributed by atoms with Crippen molar-refractivity contribution in [3.8, 4) is 5.69 Å². The Balaban J connectivity index is 1.63. The molecule has 0 spiro atoms. The molecule has 0 unspecified atom stereocenters. The van der Waals surface area contributed by atoms with Gasteiger partial charge in [-0.1, -0.05) is 13.3 Å². The number of amides is 2. The number of urea groups is 1. The summed E-state index contributed by atoms with van der Waals surface area (Å²) in [5, 5.41) is 7.71. The maximum Gasteiger partial charge on any atom is 0.322 e. The van der Waals surface area contributed by atoms with E-state index in [1.807, 2.05) is 13.8 Å². The highest BCUT2D eigenvalue weighted by Gasteiger charge is 2.30. The van der Waals surface area contributed by atoms with Gasteiger partial charge in [-0.3, -0.25) is 9.88 Å². The van der Waals surface area contributed by atoms with E-state index in [1.54, 1.807) is 34.0 Å². The van der Waals surface area contributed by atoms with E-state index in [2.05, 4.69) is 15.4 Å². The fourth-order valence-corrected chi connectivity index (χ4v) is 4.93. The number of rotatable bonds is 6. The van der Waals surface area contributed by atoms with Crippen molar-refractivity contribution in [2.24, 2.45) is 0 Å². The third-order valence-corrected chi connectivity index (χ3v) is 7.02. The van der Waals surface area contributed by atoms with Gasteiger partial charge in [-0.25, -0.2) is 22.3 Å². The molecule has 1 N–H and O–H groups in total. The zero-order chi connectivity index (χ0) is 24.5. The maximum atomic E-state index is 13.4. The molecule has 1 aromatic carbocycles. The maximum absolute atomic E-state index is 13.4. The number of fused-ring (bicyclic) bond motifs is 1. The number of hydrogen-bond acceptors (Lipinski definition) is 5. The van der Waals surface area contributed by atoms with Gasteiger partial charge in [0.1, 0.15) is 5.82 Å². The molecule has 4 rings (SSSR count). The largest absolute Gasteiger partial charge is 0.331 e. The third kappa shape index (κ3) is 4.82. The lowest BCUT2D eigenvalue weighted by Gasteiger charge is -2.30. The lowest BCUT2D eigenvalue weighted by atomic mass is 10.0. The summed E-state index contributed by atoms with van der Waals surface area (Å²) in [4.78, 5) is 19.3. The number of benzene rings is 1. The van der Waals surface area contributed by atoms with Crippen LogP contribution >= 0.6 is 0 Å². The molecule has 0 saturated heterocycles. The van der Waals surface area contributed by atoms with E-state index in [1.165, 1.54) is 18.3 Å². The third-order valence-electron chi connectivity index (χ3n) is 5.94. The van der Waals surface area contributed by atoms with Crippen LogP contribution in [0.25, 0.3) is 5.69 Å². The van der Waals surface area contributed by atoms with Crippen molar-refractivity contribution in [2.75, 3.05) is 17.7 Å². The molecule has 0 bridgehead atoms. The summed E-state index contributed by atoms with van der Waals surface area (Å²) in [5.41, 5.74) is 3.75. The summed E-state index contributed by atoms with van der Waals surface area (Å²) in [6, 6.07) is 7.03. The Labute approximate surface area is 198 Å². The number of sulfone groups is 1. The Hall–Kier alpha value is -3.27. The SMILES string of the molecule is CCC[C@H](NC(=O)N1CCCc2c1c(C)nn2-c1ccc(F)cc1)c1cncc(S(C)(=O)=O)c1. The molecule has 0 aliphatic carbocycles. The Morgan fingerprint density at radius 3 is 2.65 bits per heavy atom. The van der Waals surface area contributed by atoms with E-state index >= 15 is 0 Å². The van der Waals surface area contributed by atoms with Crippen LogP contribution < -0.4 is 10.2 Å². The first-order chi connectivity index (χ1) is 16.2. The van der Waals surface area contributed by atoms with E-state index in [9.17, 15) is 17.6 Å². The molecular weight excluding hydrogens is 457 g/mol. The monoisotopic (exact) mass is 485 g/mol. The quantitative estimate of drug-likeness (QED) is 0.566. The molecular formula is C24H28FN5O3S. The fraction of sp³-hybridized carbons (Fsp3) is 0.375. The fourth-order valence-electron chi connectivity index (χ4n) is 4.32. The molecule has 180 valence electrons. The zero-order valence-corrected chi connectivity index (χ0v) is 20.3. The van der Waals surface area contributed by atoms with Crippen molar-refractivity contribution < 1.29 is 17.6 Å². The second-order valence-electron chi connectivity index (χ2n) is 8.54. The number of nitrogens with one attached hydrogen (secondary N) is 1. The molecule has 2 aromatic heterocycles. The Bertz CT molecular complexity index is 1300. The molecule has 10 heteroatoms. The molecule has 0 saturated carbocycles. The average Bonchev–Trinajstić information content (AvgIpc) is 3.15. The Kier molecular flexibility index (Phi) is 6.70. The molecule has 0 fully saturated rings. The van der Waals surface area contributed by atoms with Crippen LogP contribution in [0.15, 0.2) is 47.6 Å². The topological polar surface area (TPSA) is 97.2 Å². The van der Waals surface area contributed by atoms with Crippen LogP contribution in [0.5, 0.6) is 0 Å². The lowest BCUT2D eigenvalue weighted by Crippen LogP contribution is -2.44. The highest BCUT2D eigenvalue weighted by Crippen LogP contribution is 2.33. The molecule has 3 heterocycles. The van der Waals surface area contributed by atoms with Gasteiger partial charge in [0.2, 0.25) is 0 Å². The standard InChI is InChI=1S/C24H28FN5O3S/c1-4-6-21(17-13-20(15-26-14-17)34(3,32)33)27-24(31)29-12-5-7-22-23(29)16(2)28-30(22)19-10-8-18(25)9-11-19/h8-11,13-15,21H,4-7,12H2,1-3H3,(H,27,31)/t21-/m0/s1. The van der Waals surface area contributed by atoms with E-state index in [-0.39, 0.29) is 22.8 Å². The zero-order valence-electron chi connectivity index (χ0n) is 19.5. The van der Waals surface area contributed by atoms with Gasteiger partial charge in [0, 0.05) is 25.2 Å². The molecule has 34 heavy (non-hydrogen) atoms. The number of aryl methyl sites for hydroxylation is 1. The summed E-state index contributed by atoms with van der Waals surface area (Å²) in [6.45, 7) is 4.39. The van der Waals surface area contributed by atoms with Crippen LogP contribution in [0.4, 0.5) is 14.9 Å². The number of hydrogen-bond donors (Lipinski definition) is 1. The number of anilines is 1. The van der Waals surface area contributed by atoms with Crippen molar-refractivity contribution in [3.05, 3.63) is 65.5 Å². The van der Waals surface area contributed by atoms with E-state index < -0.39 is 9.84 Å². The van der Waals surface area contributed by atoms with Gasteiger partial charge in [-0.2, -0.15) is 5.10 Å². The molecule has 1 aliphatic rings. The van der Waals surface area contributed by atoms with Crippen LogP contribution in [0, 0.1) is 12.7 Å². The highest BCUT2D eigenvalue weighted by atomic mass is 32.2.